The molecule has 0 fully saturated rings. The van der Waals surface area contributed by atoms with E-state index < -0.39 is 0 Å². The standard InChI is InChI=1S/C9H8I2O3/c1-14-8(13)3-5-2-6(12)4-7(10)9(5)11/h2,4,12H,3H2,1H3. The van der Waals surface area contributed by atoms with Gasteiger partial charge in [-0.15, -0.1) is 0 Å². The molecule has 0 radical (unpaired) electrons. The third-order valence-corrected chi connectivity index (χ3v) is 4.81. The Labute approximate surface area is 109 Å². The van der Waals surface area contributed by atoms with Crippen molar-refractivity contribution in [2.24, 2.45) is 0 Å². The summed E-state index contributed by atoms with van der Waals surface area (Å²) in [6, 6.07) is 3.24. The molecule has 0 amide bonds. The number of phenolic OH excluding ortho intramolecular Hbond substituents is 1. The van der Waals surface area contributed by atoms with Gasteiger partial charge in [-0.05, 0) is 62.9 Å². The number of aromatic hydroxyl groups is 1. The molecule has 0 atom stereocenters. The molecule has 0 bridgehead atoms. The van der Waals surface area contributed by atoms with Crippen LogP contribution in [0.5, 0.6) is 5.75 Å². The molecular formula is C9H8I2O3. The van der Waals surface area contributed by atoms with Crippen molar-refractivity contribution in [2.45, 2.75) is 6.42 Å². The number of ether oxygens (including phenoxy) is 1. The van der Waals surface area contributed by atoms with Crippen LogP contribution in [-0.2, 0) is 16.0 Å². The van der Waals surface area contributed by atoms with Gasteiger partial charge >= 0.3 is 5.97 Å². The number of carbonyl (C=O) groups excluding carboxylic acids is 1. The van der Waals surface area contributed by atoms with E-state index in [-0.39, 0.29) is 18.1 Å². The Bertz CT molecular complexity index is 363. The zero-order valence-electron chi connectivity index (χ0n) is 7.38. The number of hydrogen-bond acceptors (Lipinski definition) is 3. The van der Waals surface area contributed by atoms with Crippen LogP contribution in [0.15, 0.2) is 12.1 Å². The molecule has 0 heterocycles. The number of phenols is 1. The van der Waals surface area contributed by atoms with E-state index in [0.29, 0.717) is 0 Å². The second-order valence-corrected chi connectivity index (χ2v) is 4.89. The molecule has 5 heteroatoms. The van der Waals surface area contributed by atoms with Gasteiger partial charge in [0, 0.05) is 7.14 Å². The van der Waals surface area contributed by atoms with E-state index in [4.69, 9.17) is 0 Å². The Morgan fingerprint density at radius 2 is 2.14 bits per heavy atom. The fourth-order valence-corrected chi connectivity index (χ4v) is 2.15. The monoisotopic (exact) mass is 418 g/mol. The maximum atomic E-state index is 11.0. The van der Waals surface area contributed by atoms with Crippen LogP contribution in [-0.4, -0.2) is 18.2 Å². The molecule has 3 nitrogen and oxygen atoms in total. The van der Waals surface area contributed by atoms with Crippen molar-refractivity contribution in [3.63, 3.8) is 0 Å². The molecule has 0 saturated carbocycles. The molecule has 0 aliphatic carbocycles. The smallest absolute Gasteiger partial charge is 0.310 e. The maximum Gasteiger partial charge on any atom is 0.310 e. The number of halogens is 2. The van der Waals surface area contributed by atoms with Crippen molar-refractivity contribution in [1.82, 2.24) is 0 Å². The Morgan fingerprint density at radius 3 is 2.71 bits per heavy atom. The van der Waals surface area contributed by atoms with E-state index >= 15 is 0 Å². The van der Waals surface area contributed by atoms with Crippen LogP contribution in [0.1, 0.15) is 5.56 Å². The van der Waals surface area contributed by atoms with Gasteiger partial charge in [-0.3, -0.25) is 4.79 Å². The Balaban J connectivity index is 3.02. The van der Waals surface area contributed by atoms with Crippen LogP contribution in [0.2, 0.25) is 0 Å². The van der Waals surface area contributed by atoms with E-state index in [1.54, 1.807) is 12.1 Å². The predicted octanol–water partition coefficient (Wildman–Crippen LogP) is 2.32. The van der Waals surface area contributed by atoms with Crippen molar-refractivity contribution < 1.29 is 14.6 Å². The summed E-state index contributed by atoms with van der Waals surface area (Å²) in [5.74, 6) is -0.127. The summed E-state index contributed by atoms with van der Waals surface area (Å²) in [4.78, 5) is 11.0. The summed E-state index contributed by atoms with van der Waals surface area (Å²) >= 11 is 4.26. The summed E-state index contributed by atoms with van der Waals surface area (Å²) in [6.45, 7) is 0. The highest BCUT2D eigenvalue weighted by Crippen LogP contribution is 2.25. The van der Waals surface area contributed by atoms with Crippen LogP contribution < -0.4 is 0 Å². The number of benzene rings is 1. The van der Waals surface area contributed by atoms with Crippen LogP contribution in [0.4, 0.5) is 0 Å². The lowest BCUT2D eigenvalue weighted by Crippen LogP contribution is -2.06. The highest BCUT2D eigenvalue weighted by atomic mass is 127. The van der Waals surface area contributed by atoms with Crippen molar-refractivity contribution in [3.8, 4) is 5.75 Å². The van der Waals surface area contributed by atoms with Gasteiger partial charge in [0.05, 0.1) is 13.5 Å². The number of rotatable bonds is 2. The summed E-state index contributed by atoms with van der Waals surface area (Å²) in [6.07, 6.45) is 0.194. The van der Waals surface area contributed by atoms with Gasteiger partial charge in [-0.2, -0.15) is 0 Å². The van der Waals surface area contributed by atoms with Crippen molar-refractivity contribution >= 4 is 51.2 Å². The predicted molar refractivity (Wildman–Crippen MR) is 69.3 cm³/mol. The first-order valence-corrected chi connectivity index (χ1v) is 5.94. The summed E-state index contributed by atoms with van der Waals surface area (Å²) < 4.78 is 6.47. The van der Waals surface area contributed by atoms with Gasteiger partial charge in [-0.25, -0.2) is 0 Å². The lowest BCUT2D eigenvalue weighted by molar-refractivity contribution is -0.139. The van der Waals surface area contributed by atoms with Crippen LogP contribution in [0.25, 0.3) is 0 Å². The quantitative estimate of drug-likeness (QED) is 0.593. The first-order chi connectivity index (χ1) is 6.54. The molecule has 0 saturated heterocycles. The average Bonchev–Trinajstić information content (AvgIpc) is 2.13. The zero-order valence-corrected chi connectivity index (χ0v) is 11.7. The SMILES string of the molecule is COC(=O)Cc1cc(O)cc(I)c1I. The van der Waals surface area contributed by atoms with Gasteiger partial charge in [0.1, 0.15) is 5.75 Å². The number of esters is 1. The number of carbonyl (C=O) groups is 1. The normalized spacial score (nSPS) is 9.93. The number of methoxy groups -OCH3 is 1. The summed E-state index contributed by atoms with van der Waals surface area (Å²) in [5.41, 5.74) is 0.793. The van der Waals surface area contributed by atoms with Crippen molar-refractivity contribution in [1.29, 1.82) is 0 Å². The lowest BCUT2D eigenvalue weighted by atomic mass is 10.1. The summed E-state index contributed by atoms with van der Waals surface area (Å²) in [7, 11) is 1.35. The molecule has 1 N–H and O–H groups in total. The van der Waals surface area contributed by atoms with Crippen LogP contribution in [0, 0.1) is 7.14 Å². The first-order valence-electron chi connectivity index (χ1n) is 3.78. The fourth-order valence-electron chi connectivity index (χ4n) is 0.986. The average molecular weight is 418 g/mol. The Kier molecular flexibility index (Phi) is 4.42. The molecule has 0 spiro atoms. The molecule has 76 valence electrons. The van der Waals surface area contributed by atoms with Gasteiger partial charge in [-0.1, -0.05) is 0 Å². The minimum atomic E-state index is -0.302. The van der Waals surface area contributed by atoms with E-state index in [0.717, 1.165) is 12.7 Å². The molecule has 0 aliphatic rings. The van der Waals surface area contributed by atoms with E-state index in [1.165, 1.54) is 7.11 Å². The fraction of sp³-hybridized carbons (Fsp3) is 0.222. The minimum Gasteiger partial charge on any atom is -0.508 e. The second kappa shape index (κ2) is 5.15. The highest BCUT2D eigenvalue weighted by Gasteiger charge is 2.10. The molecule has 1 rings (SSSR count). The summed E-state index contributed by atoms with van der Waals surface area (Å²) in [5, 5.41) is 9.34. The van der Waals surface area contributed by atoms with E-state index in [2.05, 4.69) is 49.9 Å². The van der Waals surface area contributed by atoms with E-state index in [1.807, 2.05) is 0 Å². The van der Waals surface area contributed by atoms with Crippen molar-refractivity contribution in [2.75, 3.05) is 7.11 Å². The van der Waals surface area contributed by atoms with Gasteiger partial charge in [0.2, 0.25) is 0 Å². The van der Waals surface area contributed by atoms with Gasteiger partial charge < -0.3 is 9.84 Å². The molecule has 14 heavy (non-hydrogen) atoms. The van der Waals surface area contributed by atoms with Crippen LogP contribution >= 0.6 is 45.2 Å². The highest BCUT2D eigenvalue weighted by molar-refractivity contribution is 14.1. The molecule has 1 aromatic carbocycles. The third-order valence-electron chi connectivity index (χ3n) is 1.65. The molecule has 0 aromatic heterocycles. The lowest BCUT2D eigenvalue weighted by Gasteiger charge is -2.06. The number of hydrogen-bond donors (Lipinski definition) is 1. The largest absolute Gasteiger partial charge is 0.508 e. The Morgan fingerprint density at radius 1 is 1.50 bits per heavy atom. The molecule has 1 aromatic rings. The van der Waals surface area contributed by atoms with Gasteiger partial charge in [0.15, 0.2) is 0 Å². The molecule has 0 unspecified atom stereocenters. The third kappa shape index (κ3) is 2.97. The second-order valence-electron chi connectivity index (χ2n) is 2.65. The minimum absolute atomic E-state index is 0.175. The first kappa shape index (κ1) is 12.0. The molecule has 0 aliphatic heterocycles. The van der Waals surface area contributed by atoms with Crippen LogP contribution in [0.3, 0.4) is 0 Å². The molecular weight excluding hydrogens is 410 g/mol. The topological polar surface area (TPSA) is 46.5 Å². The zero-order chi connectivity index (χ0) is 10.7. The Hall–Kier alpha value is -0.0500. The van der Waals surface area contributed by atoms with E-state index in [9.17, 15) is 9.90 Å². The maximum absolute atomic E-state index is 11.0. The van der Waals surface area contributed by atoms with Crippen molar-refractivity contribution in [3.05, 3.63) is 24.8 Å². The van der Waals surface area contributed by atoms with Gasteiger partial charge in [0.25, 0.3) is 0 Å².